The first-order valence-corrected chi connectivity index (χ1v) is 7.05. The zero-order valence-corrected chi connectivity index (χ0v) is 12.8. The fourth-order valence-corrected chi connectivity index (χ4v) is 1.89. The smallest absolute Gasteiger partial charge is 0.338 e. The number of benzene rings is 2. The van der Waals surface area contributed by atoms with Crippen LogP contribution in [0.1, 0.15) is 15.9 Å². The van der Waals surface area contributed by atoms with Crippen molar-refractivity contribution in [1.29, 1.82) is 0 Å². The lowest BCUT2D eigenvalue weighted by atomic mass is 10.1. The first-order valence-electron chi connectivity index (χ1n) is 7.05. The van der Waals surface area contributed by atoms with Gasteiger partial charge in [-0.25, -0.2) is 14.0 Å². The minimum atomic E-state index is -0.919. The van der Waals surface area contributed by atoms with Crippen molar-refractivity contribution in [2.24, 2.45) is 0 Å². The highest BCUT2D eigenvalue weighted by Crippen LogP contribution is 2.12. The van der Waals surface area contributed by atoms with Gasteiger partial charge in [-0.05, 0) is 30.7 Å². The normalized spacial score (nSPS) is 9.92. The number of amides is 3. The minimum Gasteiger partial charge on any atom is -0.452 e. The molecule has 0 atom stereocenters. The number of ether oxygens (including phenoxy) is 1. The summed E-state index contributed by atoms with van der Waals surface area (Å²) in [4.78, 5) is 35.0. The summed E-state index contributed by atoms with van der Waals surface area (Å²) in [5.74, 6) is -2.13. The van der Waals surface area contributed by atoms with Gasteiger partial charge < -0.3 is 10.1 Å². The highest BCUT2D eigenvalue weighted by atomic mass is 19.1. The standard InChI is InChI=1S/C17H15FN2O4/c1-11-6-2-3-7-12(11)16(22)24-10-15(21)20-17(23)19-14-9-5-4-8-13(14)18/h2-9H,10H2,1H3,(H2,19,20,21,23). The van der Waals surface area contributed by atoms with Gasteiger partial charge in [0.15, 0.2) is 6.61 Å². The molecule has 0 radical (unpaired) electrons. The summed E-state index contributed by atoms with van der Waals surface area (Å²) in [6.07, 6.45) is 0. The number of hydrogen-bond acceptors (Lipinski definition) is 4. The van der Waals surface area contributed by atoms with Crippen LogP contribution < -0.4 is 10.6 Å². The van der Waals surface area contributed by atoms with E-state index < -0.39 is 30.3 Å². The Morgan fingerprint density at radius 3 is 2.42 bits per heavy atom. The van der Waals surface area contributed by atoms with Gasteiger partial charge in [0, 0.05) is 0 Å². The molecule has 0 bridgehead atoms. The van der Waals surface area contributed by atoms with Crippen LogP contribution in [0.4, 0.5) is 14.9 Å². The molecule has 3 amide bonds. The average molecular weight is 330 g/mol. The van der Waals surface area contributed by atoms with Crippen LogP contribution in [0, 0.1) is 12.7 Å². The van der Waals surface area contributed by atoms with E-state index >= 15 is 0 Å². The second-order valence-corrected chi connectivity index (χ2v) is 4.87. The van der Waals surface area contributed by atoms with Crippen molar-refractivity contribution in [2.75, 3.05) is 11.9 Å². The molecule has 0 saturated carbocycles. The molecule has 2 N–H and O–H groups in total. The number of rotatable bonds is 4. The van der Waals surface area contributed by atoms with Gasteiger partial charge in [0.25, 0.3) is 5.91 Å². The SMILES string of the molecule is Cc1ccccc1C(=O)OCC(=O)NC(=O)Nc1ccccc1F. The van der Waals surface area contributed by atoms with Crippen molar-refractivity contribution in [1.82, 2.24) is 5.32 Å². The number of hydrogen-bond donors (Lipinski definition) is 2. The summed E-state index contributed by atoms with van der Waals surface area (Å²) in [7, 11) is 0. The van der Waals surface area contributed by atoms with E-state index in [4.69, 9.17) is 4.74 Å². The molecular formula is C17H15FN2O4. The Balaban J connectivity index is 1.83. The van der Waals surface area contributed by atoms with Gasteiger partial charge >= 0.3 is 12.0 Å². The number of anilines is 1. The average Bonchev–Trinajstić information content (AvgIpc) is 2.55. The Kier molecular flexibility index (Phi) is 5.62. The number of carbonyl (C=O) groups is 3. The third-order valence-electron chi connectivity index (χ3n) is 3.07. The van der Waals surface area contributed by atoms with E-state index in [2.05, 4.69) is 5.32 Å². The van der Waals surface area contributed by atoms with Gasteiger partial charge in [0.2, 0.25) is 0 Å². The Bertz CT molecular complexity index is 777. The first kappa shape index (κ1) is 17.1. The fraction of sp³-hybridized carbons (Fsp3) is 0.118. The lowest BCUT2D eigenvalue weighted by molar-refractivity contribution is -0.123. The van der Waals surface area contributed by atoms with Gasteiger partial charge in [0.05, 0.1) is 11.3 Å². The number of esters is 1. The Morgan fingerprint density at radius 1 is 1.04 bits per heavy atom. The van der Waals surface area contributed by atoms with Crippen LogP contribution in [-0.2, 0) is 9.53 Å². The summed E-state index contributed by atoms with van der Waals surface area (Å²) in [5.41, 5.74) is 0.973. The van der Waals surface area contributed by atoms with E-state index in [1.54, 1.807) is 31.2 Å². The van der Waals surface area contributed by atoms with Crippen LogP contribution in [0.3, 0.4) is 0 Å². The lowest BCUT2D eigenvalue weighted by Gasteiger charge is -2.09. The third kappa shape index (κ3) is 4.64. The van der Waals surface area contributed by atoms with E-state index in [-0.39, 0.29) is 5.69 Å². The molecule has 2 rings (SSSR count). The molecule has 0 saturated heterocycles. The summed E-state index contributed by atoms with van der Waals surface area (Å²) in [6, 6.07) is 11.3. The van der Waals surface area contributed by atoms with Gasteiger partial charge in [0.1, 0.15) is 5.82 Å². The molecule has 7 heteroatoms. The van der Waals surface area contributed by atoms with Gasteiger partial charge in [-0.1, -0.05) is 30.3 Å². The predicted molar refractivity (Wildman–Crippen MR) is 85.0 cm³/mol. The Labute approximate surface area is 137 Å². The Hall–Kier alpha value is -3.22. The van der Waals surface area contributed by atoms with Crippen molar-refractivity contribution in [3.8, 4) is 0 Å². The van der Waals surface area contributed by atoms with Crippen molar-refractivity contribution in [2.45, 2.75) is 6.92 Å². The number of nitrogens with one attached hydrogen (secondary N) is 2. The van der Waals surface area contributed by atoms with Crippen LogP contribution in [0.25, 0.3) is 0 Å². The van der Waals surface area contributed by atoms with Crippen molar-refractivity contribution >= 4 is 23.6 Å². The third-order valence-corrected chi connectivity index (χ3v) is 3.07. The van der Waals surface area contributed by atoms with E-state index in [0.29, 0.717) is 11.1 Å². The van der Waals surface area contributed by atoms with Crippen LogP contribution in [0.2, 0.25) is 0 Å². The van der Waals surface area contributed by atoms with E-state index in [0.717, 1.165) is 0 Å². The molecule has 2 aromatic rings. The van der Waals surface area contributed by atoms with E-state index in [1.807, 2.05) is 5.32 Å². The number of para-hydroxylation sites is 1. The summed E-state index contributed by atoms with van der Waals surface area (Å²) >= 11 is 0. The maximum absolute atomic E-state index is 13.4. The molecule has 2 aromatic carbocycles. The monoisotopic (exact) mass is 330 g/mol. The van der Waals surface area contributed by atoms with E-state index in [1.165, 1.54) is 24.3 Å². The minimum absolute atomic E-state index is 0.0697. The largest absolute Gasteiger partial charge is 0.452 e. The topological polar surface area (TPSA) is 84.5 Å². The molecule has 24 heavy (non-hydrogen) atoms. The number of aryl methyl sites for hydroxylation is 1. The molecule has 0 aliphatic heterocycles. The molecule has 0 aromatic heterocycles. The molecule has 6 nitrogen and oxygen atoms in total. The van der Waals surface area contributed by atoms with Gasteiger partial charge in [-0.3, -0.25) is 10.1 Å². The first-order chi connectivity index (χ1) is 11.5. The van der Waals surface area contributed by atoms with Crippen LogP contribution in [0.15, 0.2) is 48.5 Å². The highest BCUT2D eigenvalue weighted by Gasteiger charge is 2.14. The summed E-state index contributed by atoms with van der Waals surface area (Å²) < 4.78 is 18.2. The fourth-order valence-electron chi connectivity index (χ4n) is 1.89. The lowest BCUT2D eigenvalue weighted by Crippen LogP contribution is -2.37. The number of imide groups is 1. The molecule has 0 unspecified atom stereocenters. The van der Waals surface area contributed by atoms with Crippen molar-refractivity contribution in [3.63, 3.8) is 0 Å². The van der Waals surface area contributed by atoms with Crippen LogP contribution in [0.5, 0.6) is 0 Å². The van der Waals surface area contributed by atoms with Crippen LogP contribution >= 0.6 is 0 Å². The Morgan fingerprint density at radius 2 is 1.71 bits per heavy atom. The van der Waals surface area contributed by atoms with Crippen molar-refractivity contribution < 1.29 is 23.5 Å². The zero-order chi connectivity index (χ0) is 17.5. The molecule has 0 aliphatic carbocycles. The maximum Gasteiger partial charge on any atom is 0.338 e. The molecular weight excluding hydrogens is 315 g/mol. The second-order valence-electron chi connectivity index (χ2n) is 4.87. The number of urea groups is 1. The number of carbonyl (C=O) groups excluding carboxylic acids is 3. The second kappa shape index (κ2) is 7.87. The van der Waals surface area contributed by atoms with Crippen LogP contribution in [-0.4, -0.2) is 24.5 Å². The molecule has 0 aliphatic rings. The number of halogens is 1. The van der Waals surface area contributed by atoms with Gasteiger partial charge in [-0.2, -0.15) is 0 Å². The quantitative estimate of drug-likeness (QED) is 0.844. The van der Waals surface area contributed by atoms with E-state index in [9.17, 15) is 18.8 Å². The van der Waals surface area contributed by atoms with Gasteiger partial charge in [-0.15, -0.1) is 0 Å². The predicted octanol–water partition coefficient (Wildman–Crippen LogP) is 2.64. The summed E-state index contributed by atoms with van der Waals surface area (Å²) in [6.45, 7) is 1.11. The zero-order valence-electron chi connectivity index (χ0n) is 12.8. The molecule has 0 heterocycles. The maximum atomic E-state index is 13.4. The molecule has 124 valence electrons. The molecule has 0 fully saturated rings. The summed E-state index contributed by atoms with van der Waals surface area (Å²) in [5, 5.41) is 4.13. The highest BCUT2D eigenvalue weighted by molar-refractivity contribution is 6.02. The van der Waals surface area contributed by atoms with Crippen molar-refractivity contribution in [3.05, 3.63) is 65.5 Å². The molecule has 0 spiro atoms.